The Morgan fingerprint density at radius 3 is 0.971 bits per heavy atom. The molecule has 4 aliphatic rings. The molecule has 0 aromatic heterocycles. The number of carbonyl (C=O) groups excluding carboxylic acids is 6. The van der Waals surface area contributed by atoms with E-state index in [1.165, 1.54) is 0 Å². The van der Waals surface area contributed by atoms with Crippen LogP contribution >= 0.6 is 0 Å². The van der Waals surface area contributed by atoms with Crippen molar-refractivity contribution in [1.29, 1.82) is 0 Å². The molecule has 0 bridgehead atoms. The van der Waals surface area contributed by atoms with Gasteiger partial charge in [-0.3, -0.25) is 28.8 Å². The number of cyclic esters (lactones) is 3. The van der Waals surface area contributed by atoms with Gasteiger partial charge in [-0.25, -0.2) is 0 Å². The molecule has 9 heteroatoms. The lowest BCUT2D eigenvalue weighted by molar-refractivity contribution is -0.149. The number of esters is 3. The fraction of sp³-hybridized carbons (Fsp3) is 0.500. The molecule has 0 aromatic carbocycles. The summed E-state index contributed by atoms with van der Waals surface area (Å²) in [6, 6.07) is 0. The van der Waals surface area contributed by atoms with Crippen molar-refractivity contribution in [1.82, 2.24) is 0 Å². The van der Waals surface area contributed by atoms with E-state index in [0.29, 0.717) is 113 Å². The van der Waals surface area contributed by atoms with Crippen LogP contribution in [-0.2, 0) is 43.0 Å². The van der Waals surface area contributed by atoms with Crippen LogP contribution in [0.4, 0.5) is 0 Å². The summed E-state index contributed by atoms with van der Waals surface area (Å²) in [5.74, 6) is -1.09. The zero-order valence-corrected chi connectivity index (χ0v) is 41.6. The quantitative estimate of drug-likeness (QED) is 0.126. The van der Waals surface area contributed by atoms with Crippen molar-refractivity contribution in [3.63, 3.8) is 0 Å². The largest absolute Gasteiger partial charge is 0.462 e. The van der Waals surface area contributed by atoms with Gasteiger partial charge in [0.15, 0.2) is 17.3 Å². The molecule has 69 heavy (non-hydrogen) atoms. The van der Waals surface area contributed by atoms with Crippen molar-refractivity contribution in [2.75, 3.05) is 0 Å². The van der Waals surface area contributed by atoms with Gasteiger partial charge in [0.1, 0.15) is 18.3 Å². The van der Waals surface area contributed by atoms with Gasteiger partial charge in [0.05, 0.1) is 0 Å². The molecule has 0 fully saturated rings. The summed E-state index contributed by atoms with van der Waals surface area (Å²) in [6.07, 6.45) is 52.1. The van der Waals surface area contributed by atoms with Crippen LogP contribution < -0.4 is 0 Å². The number of hydrogen-bond donors (Lipinski definition) is 0. The van der Waals surface area contributed by atoms with E-state index >= 15 is 0 Å². The second kappa shape index (κ2) is 32.9. The molecule has 6 atom stereocenters. The van der Waals surface area contributed by atoms with Gasteiger partial charge in [-0.1, -0.05) is 130 Å². The summed E-state index contributed by atoms with van der Waals surface area (Å²) in [6.45, 7) is 6.16. The molecule has 0 saturated carbocycles. The fourth-order valence-corrected chi connectivity index (χ4v) is 8.64. The maximum atomic E-state index is 13.0. The molecule has 9 nitrogen and oxygen atoms in total. The molecule has 372 valence electrons. The van der Waals surface area contributed by atoms with Gasteiger partial charge in [-0.15, -0.1) is 0 Å². The lowest BCUT2D eigenvalue weighted by Crippen LogP contribution is -2.17. The predicted octanol–water partition coefficient (Wildman–Crippen LogP) is 13.4. The third-order valence-electron chi connectivity index (χ3n) is 12.5. The van der Waals surface area contributed by atoms with E-state index in [-0.39, 0.29) is 90.6 Å². The van der Waals surface area contributed by atoms with Gasteiger partial charge < -0.3 is 14.2 Å². The predicted molar refractivity (Wildman–Crippen MR) is 276 cm³/mol. The van der Waals surface area contributed by atoms with Crippen LogP contribution in [0.15, 0.2) is 144 Å². The Hall–Kier alpha value is -5.70. The number of fused-ring (bicyclic) bond motifs is 3. The van der Waals surface area contributed by atoms with Crippen molar-refractivity contribution in [3.05, 3.63) is 144 Å². The minimum atomic E-state index is -0.388. The number of hydrogen-bond acceptors (Lipinski definition) is 9. The highest BCUT2D eigenvalue weighted by Crippen LogP contribution is 2.30. The van der Waals surface area contributed by atoms with Gasteiger partial charge in [-0.05, 0) is 95.3 Å². The topological polar surface area (TPSA) is 130 Å². The highest BCUT2D eigenvalue weighted by molar-refractivity contribution is 6.08. The van der Waals surface area contributed by atoms with E-state index < -0.39 is 0 Å². The van der Waals surface area contributed by atoms with Crippen molar-refractivity contribution in [3.8, 4) is 0 Å². The highest BCUT2D eigenvalue weighted by Gasteiger charge is 2.26. The van der Waals surface area contributed by atoms with Crippen molar-refractivity contribution < 1.29 is 43.0 Å². The minimum absolute atomic E-state index is 0.0259. The van der Waals surface area contributed by atoms with Gasteiger partial charge in [0.2, 0.25) is 0 Å². The first-order valence-electron chi connectivity index (χ1n) is 25.9. The van der Waals surface area contributed by atoms with E-state index in [9.17, 15) is 28.8 Å². The van der Waals surface area contributed by atoms with E-state index in [4.69, 9.17) is 14.2 Å². The van der Waals surface area contributed by atoms with Crippen LogP contribution in [0.2, 0.25) is 0 Å². The van der Waals surface area contributed by atoms with Crippen LogP contribution in [0.3, 0.4) is 0 Å². The third kappa shape index (κ3) is 21.6. The van der Waals surface area contributed by atoms with Crippen molar-refractivity contribution in [2.24, 2.45) is 17.8 Å². The summed E-state index contributed by atoms with van der Waals surface area (Å²) in [5.41, 5.74) is 2.12. The molecule has 0 amide bonds. The second-order valence-electron chi connectivity index (χ2n) is 18.2. The maximum Gasteiger partial charge on any atom is 0.306 e. The van der Waals surface area contributed by atoms with Gasteiger partial charge in [0.25, 0.3) is 0 Å². The Morgan fingerprint density at radius 1 is 0.406 bits per heavy atom. The monoisotopic (exact) mass is 943 g/mol. The van der Waals surface area contributed by atoms with E-state index in [1.807, 2.05) is 72.9 Å². The number of ether oxygens (including phenoxy) is 3. The zero-order valence-electron chi connectivity index (χ0n) is 41.6. The van der Waals surface area contributed by atoms with Crippen LogP contribution in [0.1, 0.15) is 156 Å². The molecule has 4 rings (SSSR count). The first-order chi connectivity index (χ1) is 33.6. The Labute approximate surface area is 412 Å². The number of allylic oxidation sites excluding steroid dienone is 18. The lowest BCUT2D eigenvalue weighted by Gasteiger charge is -2.16. The zero-order chi connectivity index (χ0) is 49.5. The molecule has 0 spiro atoms. The average molecular weight is 943 g/mol. The van der Waals surface area contributed by atoms with Crippen LogP contribution in [0.5, 0.6) is 0 Å². The lowest BCUT2D eigenvalue weighted by atomic mass is 9.96. The SMILES string of the molecule is CC/C=C\C[C@H]1CC=C2C(=O)C=C[C@@H]2CC=CCCCC(=O)O[C@@H](C/C=C\CC)CC=C2C(=O)C=C[C@@H]2CC=CCCCC(=O)O[C@@H](C/C=C\CC)CC=C2C(=O)C=C[C@@H]2CC=CCCCC(=O)O1. The summed E-state index contributed by atoms with van der Waals surface area (Å²) in [5, 5.41) is 0. The minimum Gasteiger partial charge on any atom is -0.462 e. The van der Waals surface area contributed by atoms with Crippen LogP contribution in [-0.4, -0.2) is 53.6 Å². The smallest absolute Gasteiger partial charge is 0.306 e. The standard InChI is InChI=1S/C60H78O9/c1-4-7-16-28-49-37-40-52-46(34-43-55(52)61)25-19-11-14-23-32-59(65)68-51(30-18-9-6-3)39-42-54-48(36-45-57(54)63)27-21-12-15-24-33-60(66)69-50(29-17-8-5-2)38-41-53-47(35-44-56(53)62)26-20-10-13-22-31-58(64)67-49/h7-12,16-21,34-36,40-51H,4-6,13-15,22-33,37-39H2,1-3H3/b16-7-,17-8-,18-9-,19-11?,20-10?,21-12?,52-40?,53-41?,54-42?/t46-,47-,48-,49-,50-,51-/m0/s1. The Morgan fingerprint density at radius 2 is 0.696 bits per heavy atom. The molecule has 0 N–H and O–H groups in total. The normalized spacial score (nSPS) is 26.2. The summed E-state index contributed by atoms with van der Waals surface area (Å²) < 4.78 is 17.9. The van der Waals surface area contributed by atoms with Crippen molar-refractivity contribution >= 4 is 35.3 Å². The second-order valence-corrected chi connectivity index (χ2v) is 18.2. The first-order valence-corrected chi connectivity index (χ1v) is 25.9. The first kappa shape index (κ1) is 55.9. The number of carbonyl (C=O) groups is 6. The number of ketones is 3. The molecular weight excluding hydrogens is 865 g/mol. The van der Waals surface area contributed by atoms with Crippen LogP contribution in [0, 0.1) is 17.8 Å². The summed E-state index contributed by atoms with van der Waals surface area (Å²) in [7, 11) is 0. The molecule has 0 saturated heterocycles. The third-order valence-corrected chi connectivity index (χ3v) is 12.5. The number of rotatable bonds is 9. The van der Waals surface area contributed by atoms with E-state index in [0.717, 1.165) is 19.3 Å². The highest BCUT2D eigenvalue weighted by atomic mass is 16.6. The maximum absolute atomic E-state index is 13.0. The van der Waals surface area contributed by atoms with Gasteiger partial charge in [0, 0.05) is 92.3 Å². The fourth-order valence-electron chi connectivity index (χ4n) is 8.64. The Balaban J connectivity index is 1.46. The average Bonchev–Trinajstić information content (AvgIpc) is 4.00. The van der Waals surface area contributed by atoms with E-state index in [1.54, 1.807) is 18.2 Å². The summed E-state index contributed by atoms with van der Waals surface area (Å²) in [4.78, 5) is 77.9. The van der Waals surface area contributed by atoms with Gasteiger partial charge in [-0.2, -0.15) is 0 Å². The van der Waals surface area contributed by atoms with Crippen LogP contribution in [0.25, 0.3) is 0 Å². The molecule has 1 aliphatic heterocycles. The molecule has 0 radical (unpaired) electrons. The summed E-state index contributed by atoms with van der Waals surface area (Å²) >= 11 is 0. The van der Waals surface area contributed by atoms with Crippen molar-refractivity contribution in [2.45, 2.75) is 174 Å². The molecule has 0 unspecified atom stereocenters. The van der Waals surface area contributed by atoms with E-state index in [2.05, 4.69) is 57.2 Å². The Bertz CT molecular complexity index is 1840. The molecule has 3 aliphatic carbocycles. The Kier molecular flexibility index (Phi) is 26.7. The van der Waals surface area contributed by atoms with Gasteiger partial charge >= 0.3 is 17.9 Å². The molecular formula is C60H78O9. The molecule has 1 heterocycles. The molecule has 0 aromatic rings.